The van der Waals surface area contributed by atoms with E-state index in [1.807, 2.05) is 12.1 Å². The molecule has 1 aromatic rings. The van der Waals surface area contributed by atoms with Crippen molar-refractivity contribution in [2.45, 2.75) is 19.9 Å². The van der Waals surface area contributed by atoms with Crippen LogP contribution in [0.4, 0.5) is 5.82 Å². The van der Waals surface area contributed by atoms with Gasteiger partial charge in [0.2, 0.25) is 0 Å². The van der Waals surface area contributed by atoms with Gasteiger partial charge in [-0.25, -0.2) is 4.98 Å². The van der Waals surface area contributed by atoms with Crippen LogP contribution >= 0.6 is 11.6 Å². The van der Waals surface area contributed by atoms with Gasteiger partial charge < -0.3 is 10.6 Å². The molecule has 0 bridgehead atoms. The monoisotopic (exact) mass is 225 g/mol. The predicted molar refractivity (Wildman–Crippen MR) is 63.1 cm³/mol. The van der Waals surface area contributed by atoms with E-state index in [0.717, 1.165) is 30.5 Å². The number of nitrogens with two attached hydrogens (primary N) is 1. The lowest BCUT2D eigenvalue weighted by atomic mass is 10.2. The number of anilines is 1. The fourth-order valence-electron chi connectivity index (χ4n) is 1.94. The molecule has 0 spiro atoms. The molecule has 1 aliphatic rings. The fourth-order valence-corrected chi connectivity index (χ4v) is 2.12. The Morgan fingerprint density at radius 1 is 1.60 bits per heavy atom. The van der Waals surface area contributed by atoms with Gasteiger partial charge in [0.1, 0.15) is 5.82 Å². The van der Waals surface area contributed by atoms with Gasteiger partial charge in [0.15, 0.2) is 0 Å². The van der Waals surface area contributed by atoms with Gasteiger partial charge in [-0.15, -0.1) is 0 Å². The molecule has 0 amide bonds. The maximum Gasteiger partial charge on any atom is 0.128 e. The summed E-state index contributed by atoms with van der Waals surface area (Å²) in [6.07, 6.45) is 1.24. The summed E-state index contributed by atoms with van der Waals surface area (Å²) in [5.41, 5.74) is 6.37. The summed E-state index contributed by atoms with van der Waals surface area (Å²) in [7, 11) is 0. The van der Waals surface area contributed by atoms with Crippen LogP contribution in [0, 0.1) is 5.92 Å². The zero-order valence-corrected chi connectivity index (χ0v) is 9.67. The minimum atomic E-state index is 0.399. The number of hydrogen-bond acceptors (Lipinski definition) is 3. The zero-order valence-electron chi connectivity index (χ0n) is 8.91. The average Bonchev–Trinajstić information content (AvgIpc) is 2.66. The Balaban J connectivity index is 2.21. The molecule has 0 radical (unpaired) electrons. The van der Waals surface area contributed by atoms with Crippen LogP contribution in [0.25, 0.3) is 0 Å². The van der Waals surface area contributed by atoms with E-state index in [1.165, 1.54) is 6.42 Å². The van der Waals surface area contributed by atoms with Crippen molar-refractivity contribution in [3.63, 3.8) is 0 Å². The van der Waals surface area contributed by atoms with Crippen molar-refractivity contribution < 1.29 is 0 Å². The molecule has 2 rings (SSSR count). The molecule has 1 aliphatic heterocycles. The molecule has 0 saturated carbocycles. The van der Waals surface area contributed by atoms with Gasteiger partial charge in [-0.1, -0.05) is 18.5 Å². The van der Waals surface area contributed by atoms with Crippen molar-refractivity contribution in [2.75, 3.05) is 18.0 Å². The Labute approximate surface area is 95.2 Å². The first-order valence-corrected chi connectivity index (χ1v) is 5.69. The van der Waals surface area contributed by atoms with E-state index < -0.39 is 0 Å². The fraction of sp³-hybridized carbons (Fsp3) is 0.545. The minimum Gasteiger partial charge on any atom is -0.356 e. The SMILES string of the molecule is CC1CCN(c2ccc(Cl)c(CN)n2)C1. The number of rotatable bonds is 2. The van der Waals surface area contributed by atoms with Gasteiger partial charge >= 0.3 is 0 Å². The van der Waals surface area contributed by atoms with Crippen molar-refractivity contribution >= 4 is 17.4 Å². The molecule has 1 fully saturated rings. The summed E-state index contributed by atoms with van der Waals surface area (Å²) in [6.45, 7) is 4.83. The summed E-state index contributed by atoms with van der Waals surface area (Å²) in [4.78, 5) is 6.77. The molecule has 15 heavy (non-hydrogen) atoms. The molecule has 0 aliphatic carbocycles. The van der Waals surface area contributed by atoms with Crippen LogP contribution in [0.3, 0.4) is 0 Å². The highest BCUT2D eigenvalue weighted by Gasteiger charge is 2.20. The second-order valence-corrected chi connectivity index (χ2v) is 4.55. The lowest BCUT2D eigenvalue weighted by Gasteiger charge is -2.17. The van der Waals surface area contributed by atoms with Crippen LogP contribution in [0.2, 0.25) is 5.02 Å². The van der Waals surface area contributed by atoms with E-state index >= 15 is 0 Å². The third kappa shape index (κ3) is 2.24. The van der Waals surface area contributed by atoms with Crippen LogP contribution < -0.4 is 10.6 Å². The van der Waals surface area contributed by atoms with Gasteiger partial charge in [0.05, 0.1) is 10.7 Å². The first-order valence-electron chi connectivity index (χ1n) is 5.31. The van der Waals surface area contributed by atoms with Gasteiger partial charge in [0.25, 0.3) is 0 Å². The highest BCUT2D eigenvalue weighted by Crippen LogP contribution is 2.24. The average molecular weight is 226 g/mol. The topological polar surface area (TPSA) is 42.1 Å². The van der Waals surface area contributed by atoms with E-state index in [9.17, 15) is 0 Å². The Morgan fingerprint density at radius 2 is 2.40 bits per heavy atom. The van der Waals surface area contributed by atoms with Gasteiger partial charge in [-0.3, -0.25) is 0 Å². The Morgan fingerprint density at radius 3 is 3.00 bits per heavy atom. The van der Waals surface area contributed by atoms with Crippen LogP contribution in [0.5, 0.6) is 0 Å². The van der Waals surface area contributed by atoms with E-state index in [2.05, 4.69) is 16.8 Å². The van der Waals surface area contributed by atoms with Gasteiger partial charge in [0, 0.05) is 19.6 Å². The molecule has 3 nitrogen and oxygen atoms in total. The molecule has 4 heteroatoms. The van der Waals surface area contributed by atoms with Gasteiger partial charge in [-0.2, -0.15) is 0 Å². The Kier molecular flexibility index (Phi) is 3.12. The summed E-state index contributed by atoms with van der Waals surface area (Å²) in [5, 5.41) is 0.661. The third-order valence-corrected chi connectivity index (χ3v) is 3.19. The quantitative estimate of drug-likeness (QED) is 0.838. The van der Waals surface area contributed by atoms with Crippen LogP contribution in [-0.4, -0.2) is 18.1 Å². The number of hydrogen-bond donors (Lipinski definition) is 1. The van der Waals surface area contributed by atoms with E-state index in [4.69, 9.17) is 17.3 Å². The van der Waals surface area contributed by atoms with Crippen LogP contribution in [0.15, 0.2) is 12.1 Å². The van der Waals surface area contributed by atoms with Crippen molar-refractivity contribution in [1.82, 2.24) is 4.98 Å². The molecule has 2 heterocycles. The summed E-state index contributed by atoms with van der Waals surface area (Å²) in [5.74, 6) is 1.76. The Bertz CT molecular complexity index is 354. The molecule has 82 valence electrons. The normalized spacial score (nSPS) is 21.0. The van der Waals surface area contributed by atoms with E-state index in [1.54, 1.807) is 0 Å². The first kappa shape index (κ1) is 10.7. The second-order valence-electron chi connectivity index (χ2n) is 4.14. The van der Waals surface area contributed by atoms with Gasteiger partial charge in [-0.05, 0) is 24.5 Å². The summed E-state index contributed by atoms with van der Waals surface area (Å²) >= 11 is 5.97. The van der Waals surface area contributed by atoms with Crippen LogP contribution in [0.1, 0.15) is 19.0 Å². The molecule has 0 aromatic carbocycles. The molecule has 2 N–H and O–H groups in total. The molecule has 1 aromatic heterocycles. The first-order chi connectivity index (χ1) is 7.20. The predicted octanol–water partition coefficient (Wildman–Crippen LogP) is 2.04. The smallest absolute Gasteiger partial charge is 0.128 e. The number of nitrogens with zero attached hydrogens (tertiary/aromatic N) is 2. The maximum absolute atomic E-state index is 5.97. The Hall–Kier alpha value is -0.800. The molecule has 1 saturated heterocycles. The molecular formula is C11H16ClN3. The summed E-state index contributed by atoms with van der Waals surface area (Å²) in [6, 6.07) is 3.86. The number of aromatic nitrogens is 1. The molecule has 1 atom stereocenters. The van der Waals surface area contributed by atoms with Crippen molar-refractivity contribution in [1.29, 1.82) is 0 Å². The lowest BCUT2D eigenvalue weighted by Crippen LogP contribution is -2.21. The lowest BCUT2D eigenvalue weighted by molar-refractivity contribution is 0.658. The molecule has 1 unspecified atom stereocenters. The van der Waals surface area contributed by atoms with Crippen LogP contribution in [-0.2, 0) is 6.54 Å². The van der Waals surface area contributed by atoms with Crippen molar-refractivity contribution in [3.05, 3.63) is 22.8 Å². The minimum absolute atomic E-state index is 0.399. The third-order valence-electron chi connectivity index (χ3n) is 2.85. The highest BCUT2D eigenvalue weighted by atomic mass is 35.5. The number of pyridine rings is 1. The molecular weight excluding hydrogens is 210 g/mol. The van der Waals surface area contributed by atoms with E-state index in [0.29, 0.717) is 11.6 Å². The second kappa shape index (κ2) is 4.37. The van der Waals surface area contributed by atoms with E-state index in [-0.39, 0.29) is 0 Å². The van der Waals surface area contributed by atoms with Crippen molar-refractivity contribution in [3.8, 4) is 0 Å². The van der Waals surface area contributed by atoms with Crippen molar-refractivity contribution in [2.24, 2.45) is 11.7 Å². The number of halogens is 1. The highest BCUT2D eigenvalue weighted by molar-refractivity contribution is 6.31. The zero-order chi connectivity index (χ0) is 10.8. The maximum atomic E-state index is 5.97. The largest absolute Gasteiger partial charge is 0.356 e. The summed E-state index contributed by atoms with van der Waals surface area (Å²) < 4.78 is 0. The standard InChI is InChI=1S/C11H16ClN3/c1-8-4-5-15(7-8)11-3-2-9(12)10(6-13)14-11/h2-3,8H,4-7,13H2,1H3.